The number of carbonyl (C=O) groups is 1. The molecule has 0 bridgehead atoms. The molecule has 2 N–H and O–H groups in total. The molecule has 0 aromatic heterocycles. The van der Waals surface area contributed by atoms with Gasteiger partial charge in [-0.05, 0) is 31.2 Å². The van der Waals surface area contributed by atoms with Crippen molar-refractivity contribution in [1.82, 2.24) is 20.4 Å². The third-order valence-electron chi connectivity index (χ3n) is 4.50. The summed E-state index contributed by atoms with van der Waals surface area (Å²) in [4.78, 5) is 22.2. The molecule has 150 valence electrons. The molecule has 0 radical (unpaired) electrons. The zero-order valence-electron chi connectivity index (χ0n) is 16.5. The molecule has 27 heavy (non-hydrogen) atoms. The van der Waals surface area contributed by atoms with E-state index in [1.165, 1.54) is 17.0 Å². The first kappa shape index (κ1) is 21.0. The predicted octanol–water partition coefficient (Wildman–Crippen LogP) is 0.591. The number of rotatable bonds is 7. The zero-order valence-corrected chi connectivity index (χ0v) is 16.5. The number of benzene rings is 1. The second-order valence-electron chi connectivity index (χ2n) is 6.72. The van der Waals surface area contributed by atoms with Gasteiger partial charge < -0.3 is 20.4 Å². The van der Waals surface area contributed by atoms with Gasteiger partial charge in [-0.2, -0.15) is 0 Å². The highest BCUT2D eigenvalue weighted by Gasteiger charge is 2.17. The maximum Gasteiger partial charge on any atom is 0.243 e. The minimum Gasteiger partial charge on any atom is -0.369 e. The number of guanidine groups is 1. The lowest BCUT2D eigenvalue weighted by molar-refractivity contribution is -0.127. The number of aliphatic imine (C=N–C) groups is 1. The number of carbonyl (C=O) groups excluding carboxylic acids is 1. The van der Waals surface area contributed by atoms with Crippen LogP contribution in [0.5, 0.6) is 0 Å². The Bertz CT molecular complexity index is 611. The zero-order chi connectivity index (χ0) is 19.6. The predicted molar refractivity (Wildman–Crippen MR) is 108 cm³/mol. The lowest BCUT2D eigenvalue weighted by Crippen LogP contribution is -2.49. The first-order valence-electron chi connectivity index (χ1n) is 9.44. The monoisotopic (exact) mass is 378 g/mol. The van der Waals surface area contributed by atoms with Crippen LogP contribution in [0.15, 0.2) is 29.3 Å². The molecular formula is C19H31FN6O. The average molecular weight is 378 g/mol. The number of likely N-dealkylation sites (N-methyl/N-ethyl adjacent to an activating group) is 1. The van der Waals surface area contributed by atoms with Crippen molar-refractivity contribution in [2.75, 3.05) is 71.4 Å². The highest BCUT2D eigenvalue weighted by molar-refractivity contribution is 5.84. The van der Waals surface area contributed by atoms with Gasteiger partial charge in [-0.1, -0.05) is 0 Å². The van der Waals surface area contributed by atoms with Crippen LogP contribution in [0.2, 0.25) is 0 Å². The Morgan fingerprint density at radius 2 is 1.81 bits per heavy atom. The van der Waals surface area contributed by atoms with E-state index in [1.54, 1.807) is 14.1 Å². The summed E-state index contributed by atoms with van der Waals surface area (Å²) in [6.07, 6.45) is 0. The van der Waals surface area contributed by atoms with Crippen molar-refractivity contribution in [3.8, 4) is 0 Å². The van der Waals surface area contributed by atoms with Gasteiger partial charge in [-0.15, -0.1) is 0 Å². The SMILES string of the molecule is CCNC(=NCC(=O)N(C)C)NCCN1CCN(c2ccc(F)cc2)CC1. The molecule has 7 nitrogen and oxygen atoms in total. The number of nitrogens with one attached hydrogen (secondary N) is 2. The van der Waals surface area contributed by atoms with Gasteiger partial charge in [0.2, 0.25) is 5.91 Å². The summed E-state index contributed by atoms with van der Waals surface area (Å²) in [5, 5.41) is 6.44. The van der Waals surface area contributed by atoms with E-state index in [-0.39, 0.29) is 18.3 Å². The fraction of sp³-hybridized carbons (Fsp3) is 0.579. The van der Waals surface area contributed by atoms with Gasteiger partial charge >= 0.3 is 0 Å². The third-order valence-corrected chi connectivity index (χ3v) is 4.50. The van der Waals surface area contributed by atoms with Crippen LogP contribution in [-0.4, -0.2) is 88.1 Å². The van der Waals surface area contributed by atoms with E-state index in [0.29, 0.717) is 5.96 Å². The smallest absolute Gasteiger partial charge is 0.243 e. The Hall–Kier alpha value is -2.35. The molecule has 1 saturated heterocycles. The molecule has 0 unspecified atom stereocenters. The standard InChI is InChI=1S/C19H31FN6O/c1-4-21-19(23-15-18(27)24(2)3)22-9-10-25-11-13-26(14-12-25)17-7-5-16(20)6-8-17/h5-8H,4,9-15H2,1-3H3,(H2,21,22,23). The van der Waals surface area contributed by atoms with Crippen molar-refractivity contribution in [2.45, 2.75) is 6.92 Å². The average Bonchev–Trinajstić information content (AvgIpc) is 2.67. The molecule has 0 spiro atoms. The number of anilines is 1. The highest BCUT2D eigenvalue weighted by atomic mass is 19.1. The van der Waals surface area contributed by atoms with Gasteiger partial charge in [0.05, 0.1) is 0 Å². The molecule has 0 saturated carbocycles. The van der Waals surface area contributed by atoms with Crippen LogP contribution in [-0.2, 0) is 4.79 Å². The first-order chi connectivity index (χ1) is 13.0. The van der Waals surface area contributed by atoms with Crippen molar-refractivity contribution in [1.29, 1.82) is 0 Å². The Labute approximate surface area is 161 Å². The minimum atomic E-state index is -0.200. The van der Waals surface area contributed by atoms with E-state index in [0.717, 1.165) is 51.5 Å². The number of amides is 1. The molecular weight excluding hydrogens is 347 g/mol. The van der Waals surface area contributed by atoms with Gasteiger partial charge in [-0.3, -0.25) is 9.69 Å². The van der Waals surface area contributed by atoms with Crippen molar-refractivity contribution < 1.29 is 9.18 Å². The Morgan fingerprint density at radius 3 is 2.41 bits per heavy atom. The number of halogens is 1. The van der Waals surface area contributed by atoms with Gasteiger partial charge in [0, 0.05) is 65.6 Å². The molecule has 0 aliphatic carbocycles. The molecule has 1 aliphatic rings. The maximum absolute atomic E-state index is 13.0. The molecule has 1 fully saturated rings. The molecule has 2 rings (SSSR count). The summed E-state index contributed by atoms with van der Waals surface area (Å²) >= 11 is 0. The molecule has 1 aliphatic heterocycles. The summed E-state index contributed by atoms with van der Waals surface area (Å²) < 4.78 is 13.0. The van der Waals surface area contributed by atoms with Gasteiger partial charge in [-0.25, -0.2) is 9.38 Å². The van der Waals surface area contributed by atoms with E-state index >= 15 is 0 Å². The van der Waals surface area contributed by atoms with Crippen LogP contribution in [0.25, 0.3) is 0 Å². The van der Waals surface area contributed by atoms with Gasteiger partial charge in [0.1, 0.15) is 12.4 Å². The fourth-order valence-electron chi connectivity index (χ4n) is 2.84. The first-order valence-corrected chi connectivity index (χ1v) is 9.44. The topological polar surface area (TPSA) is 63.2 Å². The van der Waals surface area contributed by atoms with E-state index in [4.69, 9.17) is 0 Å². The van der Waals surface area contributed by atoms with Crippen LogP contribution < -0.4 is 15.5 Å². The molecule has 1 aromatic rings. The van der Waals surface area contributed by atoms with E-state index in [2.05, 4.69) is 25.4 Å². The van der Waals surface area contributed by atoms with Crippen molar-refractivity contribution in [2.24, 2.45) is 4.99 Å². The van der Waals surface area contributed by atoms with Crippen LogP contribution in [0.1, 0.15) is 6.92 Å². The van der Waals surface area contributed by atoms with E-state index in [9.17, 15) is 9.18 Å². The van der Waals surface area contributed by atoms with E-state index < -0.39 is 0 Å². The minimum absolute atomic E-state index is 0.0240. The lowest BCUT2D eigenvalue weighted by Gasteiger charge is -2.36. The Kier molecular flexibility index (Phi) is 8.32. The second-order valence-corrected chi connectivity index (χ2v) is 6.72. The molecule has 1 heterocycles. The fourth-order valence-corrected chi connectivity index (χ4v) is 2.84. The quantitative estimate of drug-likeness (QED) is 0.537. The van der Waals surface area contributed by atoms with Crippen LogP contribution >= 0.6 is 0 Å². The Morgan fingerprint density at radius 1 is 1.15 bits per heavy atom. The van der Waals surface area contributed by atoms with Gasteiger partial charge in [0.15, 0.2) is 5.96 Å². The summed E-state index contributed by atoms with van der Waals surface area (Å²) in [6, 6.07) is 6.68. The Balaban J connectivity index is 1.72. The molecule has 1 amide bonds. The molecule has 0 atom stereocenters. The maximum atomic E-state index is 13.0. The number of hydrogen-bond acceptors (Lipinski definition) is 4. The lowest BCUT2D eigenvalue weighted by atomic mass is 10.2. The number of nitrogens with zero attached hydrogens (tertiary/aromatic N) is 4. The van der Waals surface area contributed by atoms with Crippen molar-refractivity contribution in [3.05, 3.63) is 30.1 Å². The van der Waals surface area contributed by atoms with E-state index in [1.807, 2.05) is 19.1 Å². The van der Waals surface area contributed by atoms with Crippen molar-refractivity contribution in [3.63, 3.8) is 0 Å². The van der Waals surface area contributed by atoms with Crippen LogP contribution in [0.3, 0.4) is 0 Å². The summed E-state index contributed by atoms with van der Waals surface area (Å²) in [5.41, 5.74) is 1.07. The highest BCUT2D eigenvalue weighted by Crippen LogP contribution is 2.16. The van der Waals surface area contributed by atoms with Crippen LogP contribution in [0.4, 0.5) is 10.1 Å². The normalized spacial score (nSPS) is 15.6. The number of piperazine rings is 1. The number of hydrogen-bond donors (Lipinski definition) is 2. The summed E-state index contributed by atoms with van der Waals surface area (Å²) in [7, 11) is 3.45. The third kappa shape index (κ3) is 7.05. The van der Waals surface area contributed by atoms with Crippen molar-refractivity contribution >= 4 is 17.6 Å². The summed E-state index contributed by atoms with van der Waals surface area (Å²) in [5.74, 6) is 0.440. The van der Waals surface area contributed by atoms with Gasteiger partial charge in [0.25, 0.3) is 0 Å². The second kappa shape index (κ2) is 10.7. The summed E-state index contributed by atoms with van der Waals surface area (Å²) in [6.45, 7) is 8.34. The molecule has 1 aromatic carbocycles. The van der Waals surface area contributed by atoms with Crippen LogP contribution in [0, 0.1) is 5.82 Å². The largest absolute Gasteiger partial charge is 0.369 e. The molecule has 8 heteroatoms.